The summed E-state index contributed by atoms with van der Waals surface area (Å²) < 4.78 is 64.2. The van der Waals surface area contributed by atoms with Crippen LogP contribution >= 0.6 is 0 Å². The first-order chi connectivity index (χ1) is 17.1. The van der Waals surface area contributed by atoms with Crippen molar-refractivity contribution in [2.24, 2.45) is 0 Å². The normalized spacial score (nSPS) is 17.2. The summed E-state index contributed by atoms with van der Waals surface area (Å²) >= 11 is 0. The number of fused-ring (bicyclic) bond motifs is 1. The van der Waals surface area contributed by atoms with Gasteiger partial charge in [-0.1, -0.05) is 19.4 Å². The summed E-state index contributed by atoms with van der Waals surface area (Å²) in [5.74, 6) is 0.129. The van der Waals surface area contributed by atoms with E-state index in [1.165, 1.54) is 0 Å². The van der Waals surface area contributed by atoms with Gasteiger partial charge in [-0.15, -0.1) is 0 Å². The topological polar surface area (TPSA) is 54.0 Å². The number of ether oxygens (including phenoxy) is 2. The molecule has 1 fully saturated rings. The van der Waals surface area contributed by atoms with Crippen LogP contribution in [-0.2, 0) is 12.7 Å². The van der Waals surface area contributed by atoms with E-state index in [1.807, 2.05) is 6.07 Å². The Balaban J connectivity index is 1.54. The molecular formula is C26H31F4N3O3. The number of nitrogens with one attached hydrogen (secondary N) is 1. The zero-order valence-corrected chi connectivity index (χ0v) is 20.4. The predicted octanol–water partition coefficient (Wildman–Crippen LogP) is 6.26. The van der Waals surface area contributed by atoms with Crippen molar-refractivity contribution in [2.45, 2.75) is 64.3 Å². The fourth-order valence-corrected chi connectivity index (χ4v) is 4.86. The molecule has 10 heteroatoms. The van der Waals surface area contributed by atoms with Gasteiger partial charge in [-0.3, -0.25) is 0 Å². The third kappa shape index (κ3) is 6.21. The second-order valence-corrected chi connectivity index (χ2v) is 9.38. The summed E-state index contributed by atoms with van der Waals surface area (Å²) in [4.78, 5) is 17.4. The molecule has 1 N–H and O–H groups in total. The Labute approximate surface area is 208 Å². The summed E-state index contributed by atoms with van der Waals surface area (Å²) in [5, 5.41) is 2.50. The number of anilines is 1. The average Bonchev–Trinajstić information content (AvgIpc) is 3.30. The minimum Gasteiger partial charge on any atom is -0.454 e. The minimum absolute atomic E-state index is 0.124. The lowest BCUT2D eigenvalue weighted by atomic mass is 10.00. The SMILES string of the molecule is CCCC(C)N1CCC(N(Cc2ccc3c(c2)OCO3)C(=O)Nc2cc(F)cc(C(F)(F)F)c2)CC1. The third-order valence-corrected chi connectivity index (χ3v) is 6.80. The molecule has 0 aliphatic carbocycles. The van der Waals surface area contributed by atoms with Gasteiger partial charge < -0.3 is 24.6 Å². The number of rotatable bonds is 7. The number of likely N-dealkylation sites (tertiary alicyclic amines) is 1. The Kier molecular flexibility index (Phi) is 7.92. The zero-order chi connectivity index (χ0) is 25.9. The molecule has 2 aliphatic heterocycles. The molecule has 2 aromatic rings. The van der Waals surface area contributed by atoms with Gasteiger partial charge in [0.05, 0.1) is 5.56 Å². The fourth-order valence-electron chi connectivity index (χ4n) is 4.86. The van der Waals surface area contributed by atoms with Crippen molar-refractivity contribution in [3.63, 3.8) is 0 Å². The van der Waals surface area contributed by atoms with Crippen LogP contribution in [-0.4, -0.2) is 47.8 Å². The maximum absolute atomic E-state index is 13.9. The number of benzene rings is 2. The number of piperidine rings is 1. The lowest BCUT2D eigenvalue weighted by molar-refractivity contribution is -0.137. The molecule has 2 amide bonds. The largest absolute Gasteiger partial charge is 0.454 e. The average molecular weight is 510 g/mol. The van der Waals surface area contributed by atoms with Crippen LogP contribution < -0.4 is 14.8 Å². The van der Waals surface area contributed by atoms with Gasteiger partial charge in [-0.2, -0.15) is 13.2 Å². The number of nitrogens with zero attached hydrogens (tertiary/aromatic N) is 2. The van der Waals surface area contributed by atoms with Gasteiger partial charge >= 0.3 is 12.2 Å². The number of amides is 2. The van der Waals surface area contributed by atoms with Crippen LogP contribution in [0.25, 0.3) is 0 Å². The standard InChI is InChI=1S/C26H31F4N3O3/c1-3-4-17(2)32-9-7-22(8-10-32)33(15-18-5-6-23-24(11-18)36-16-35-23)25(34)31-21-13-19(26(28,29)30)12-20(27)14-21/h5-6,11-14,17,22H,3-4,7-10,15-16H2,1-2H3,(H,31,34). The second kappa shape index (κ2) is 10.9. The molecule has 0 radical (unpaired) electrons. The van der Waals surface area contributed by atoms with Crippen LogP contribution in [0, 0.1) is 5.82 Å². The predicted molar refractivity (Wildman–Crippen MR) is 127 cm³/mol. The molecule has 36 heavy (non-hydrogen) atoms. The molecule has 2 aromatic carbocycles. The van der Waals surface area contributed by atoms with Gasteiger partial charge in [0.25, 0.3) is 0 Å². The van der Waals surface area contributed by atoms with Crippen LogP contribution in [0.4, 0.5) is 28.0 Å². The van der Waals surface area contributed by atoms with E-state index in [0.29, 0.717) is 23.6 Å². The van der Waals surface area contributed by atoms with E-state index in [1.54, 1.807) is 17.0 Å². The lowest BCUT2D eigenvalue weighted by Crippen LogP contribution is -2.50. The van der Waals surface area contributed by atoms with Gasteiger partial charge in [0.15, 0.2) is 11.5 Å². The Morgan fingerprint density at radius 1 is 1.14 bits per heavy atom. The number of carbonyl (C=O) groups excluding carboxylic acids is 1. The van der Waals surface area contributed by atoms with E-state index in [4.69, 9.17) is 9.47 Å². The van der Waals surface area contributed by atoms with Crippen molar-refractivity contribution >= 4 is 11.7 Å². The Morgan fingerprint density at radius 3 is 2.56 bits per heavy atom. The van der Waals surface area contributed by atoms with E-state index in [-0.39, 0.29) is 25.1 Å². The molecular weight excluding hydrogens is 478 g/mol. The van der Waals surface area contributed by atoms with Crippen LogP contribution in [0.15, 0.2) is 36.4 Å². The number of urea groups is 1. The van der Waals surface area contributed by atoms with Crippen molar-refractivity contribution in [2.75, 3.05) is 25.2 Å². The van der Waals surface area contributed by atoms with Crippen molar-refractivity contribution in [1.82, 2.24) is 9.80 Å². The summed E-state index contributed by atoms with van der Waals surface area (Å²) in [6, 6.07) is 7.18. The third-order valence-electron chi connectivity index (χ3n) is 6.80. The molecule has 1 unspecified atom stereocenters. The fraction of sp³-hybridized carbons (Fsp3) is 0.500. The highest BCUT2D eigenvalue weighted by molar-refractivity contribution is 5.89. The van der Waals surface area contributed by atoms with E-state index in [9.17, 15) is 22.4 Å². The van der Waals surface area contributed by atoms with Crippen molar-refractivity contribution < 1.29 is 31.8 Å². The maximum atomic E-state index is 13.9. The number of hydrogen-bond acceptors (Lipinski definition) is 4. The molecule has 4 rings (SSSR count). The summed E-state index contributed by atoms with van der Waals surface area (Å²) in [7, 11) is 0. The first-order valence-electron chi connectivity index (χ1n) is 12.2. The van der Waals surface area contributed by atoms with E-state index in [0.717, 1.165) is 56.5 Å². The second-order valence-electron chi connectivity index (χ2n) is 9.38. The molecule has 0 spiro atoms. The van der Waals surface area contributed by atoms with Crippen molar-refractivity contribution in [1.29, 1.82) is 0 Å². The van der Waals surface area contributed by atoms with Gasteiger partial charge in [0.1, 0.15) is 5.82 Å². The number of carbonyl (C=O) groups is 1. The molecule has 2 aliphatic rings. The molecule has 0 bridgehead atoms. The smallest absolute Gasteiger partial charge is 0.416 e. The summed E-state index contributed by atoms with van der Waals surface area (Å²) in [6.45, 7) is 6.32. The van der Waals surface area contributed by atoms with Gasteiger partial charge in [0.2, 0.25) is 6.79 Å². The number of hydrogen-bond donors (Lipinski definition) is 1. The highest BCUT2D eigenvalue weighted by atomic mass is 19.4. The van der Waals surface area contributed by atoms with E-state index < -0.39 is 23.6 Å². The lowest BCUT2D eigenvalue weighted by Gasteiger charge is -2.40. The molecule has 1 saturated heterocycles. The number of alkyl halides is 3. The number of halogens is 4. The van der Waals surface area contributed by atoms with Crippen molar-refractivity contribution in [3.05, 3.63) is 53.3 Å². The van der Waals surface area contributed by atoms with E-state index in [2.05, 4.69) is 24.1 Å². The Morgan fingerprint density at radius 2 is 1.86 bits per heavy atom. The molecule has 0 saturated carbocycles. The first kappa shape index (κ1) is 26.1. The van der Waals surface area contributed by atoms with Crippen molar-refractivity contribution in [3.8, 4) is 11.5 Å². The summed E-state index contributed by atoms with van der Waals surface area (Å²) in [5.41, 5.74) is -0.596. The van der Waals surface area contributed by atoms with Crippen LogP contribution in [0.2, 0.25) is 0 Å². The molecule has 196 valence electrons. The Hall–Kier alpha value is -3.01. The highest BCUT2D eigenvalue weighted by Gasteiger charge is 2.33. The summed E-state index contributed by atoms with van der Waals surface area (Å²) in [6.07, 6.45) is -1.10. The molecule has 2 heterocycles. The molecule has 0 aromatic heterocycles. The minimum atomic E-state index is -4.73. The zero-order valence-electron chi connectivity index (χ0n) is 20.4. The quantitative estimate of drug-likeness (QED) is 0.448. The van der Waals surface area contributed by atoms with Crippen LogP contribution in [0.5, 0.6) is 11.5 Å². The van der Waals surface area contributed by atoms with Gasteiger partial charge in [-0.05, 0) is 62.1 Å². The Bertz CT molecular complexity index is 1070. The van der Waals surface area contributed by atoms with E-state index >= 15 is 0 Å². The van der Waals surface area contributed by atoms with Crippen LogP contribution in [0.3, 0.4) is 0 Å². The maximum Gasteiger partial charge on any atom is 0.416 e. The van der Waals surface area contributed by atoms with Gasteiger partial charge in [0, 0.05) is 37.4 Å². The monoisotopic (exact) mass is 509 g/mol. The molecule has 6 nitrogen and oxygen atoms in total. The van der Waals surface area contributed by atoms with Gasteiger partial charge in [-0.25, -0.2) is 9.18 Å². The van der Waals surface area contributed by atoms with Crippen LogP contribution in [0.1, 0.15) is 50.7 Å². The molecule has 1 atom stereocenters. The highest BCUT2D eigenvalue weighted by Crippen LogP contribution is 2.34. The first-order valence-corrected chi connectivity index (χ1v) is 12.2.